The Morgan fingerprint density at radius 3 is 2.77 bits per heavy atom. The number of aryl methyl sites for hydroxylation is 1. The number of methoxy groups -OCH3 is 1. The predicted octanol–water partition coefficient (Wildman–Crippen LogP) is 5.85. The van der Waals surface area contributed by atoms with Gasteiger partial charge in [0.2, 0.25) is 0 Å². The Labute approximate surface area is 188 Å². The van der Waals surface area contributed by atoms with Gasteiger partial charge in [0.05, 0.1) is 19.3 Å². The number of thiophene rings is 1. The Morgan fingerprint density at radius 2 is 2.00 bits per heavy atom. The Kier molecular flexibility index (Phi) is 7.28. The van der Waals surface area contributed by atoms with Crippen LogP contribution in [0.1, 0.15) is 78.2 Å². The van der Waals surface area contributed by atoms with Crippen LogP contribution in [0.25, 0.3) is 0 Å². The van der Waals surface area contributed by atoms with Crippen molar-refractivity contribution in [3.63, 3.8) is 0 Å². The molecular formula is C25H32N2O3S. The van der Waals surface area contributed by atoms with Gasteiger partial charge < -0.3 is 14.8 Å². The van der Waals surface area contributed by atoms with Gasteiger partial charge in [-0.25, -0.2) is 4.99 Å². The van der Waals surface area contributed by atoms with Crippen molar-refractivity contribution in [1.29, 1.82) is 0 Å². The van der Waals surface area contributed by atoms with Crippen molar-refractivity contribution in [2.75, 3.05) is 13.7 Å². The lowest BCUT2D eigenvalue weighted by Crippen LogP contribution is -2.36. The van der Waals surface area contributed by atoms with Gasteiger partial charge in [0, 0.05) is 22.7 Å². The molecule has 1 amide bonds. The summed E-state index contributed by atoms with van der Waals surface area (Å²) in [6.07, 6.45) is 12.0. The standard InChI is InChI=1S/C25H32N2O3S/c1-3-30-23-17(10-9-14-20(23)29-2)16-26-25-22(19-13-7-8-15-21(19)31-25)24(28)27-18-11-5-4-6-12-18/h9-10,14,16,18H,3-8,11-13,15H2,1-2H3,(H,27,28). The molecule has 1 aromatic carbocycles. The highest BCUT2D eigenvalue weighted by molar-refractivity contribution is 7.16. The van der Waals surface area contributed by atoms with E-state index in [9.17, 15) is 4.79 Å². The van der Waals surface area contributed by atoms with Crippen molar-refractivity contribution in [2.45, 2.75) is 70.8 Å². The minimum Gasteiger partial charge on any atom is -0.493 e. The molecule has 31 heavy (non-hydrogen) atoms. The first-order chi connectivity index (χ1) is 15.2. The van der Waals surface area contributed by atoms with Gasteiger partial charge in [-0.05, 0) is 63.1 Å². The number of carbonyl (C=O) groups excluding carboxylic acids is 1. The summed E-state index contributed by atoms with van der Waals surface area (Å²) >= 11 is 1.67. The summed E-state index contributed by atoms with van der Waals surface area (Å²) in [6, 6.07) is 6.07. The summed E-state index contributed by atoms with van der Waals surface area (Å²) in [5.74, 6) is 1.42. The molecule has 2 aromatic rings. The molecule has 4 rings (SSSR count). The minimum absolute atomic E-state index is 0.0501. The number of benzene rings is 1. The largest absolute Gasteiger partial charge is 0.493 e. The number of hydrogen-bond donors (Lipinski definition) is 1. The van der Waals surface area contributed by atoms with Gasteiger partial charge in [0.1, 0.15) is 5.00 Å². The molecule has 6 heteroatoms. The third-order valence-electron chi connectivity index (χ3n) is 6.16. The van der Waals surface area contributed by atoms with Gasteiger partial charge in [0.15, 0.2) is 11.5 Å². The van der Waals surface area contributed by atoms with Crippen LogP contribution in [0.3, 0.4) is 0 Å². The Hall–Kier alpha value is -2.34. The Bertz CT molecular complexity index is 944. The molecule has 0 unspecified atom stereocenters. The van der Waals surface area contributed by atoms with Crippen LogP contribution in [0.15, 0.2) is 23.2 Å². The second-order valence-corrected chi connectivity index (χ2v) is 9.35. The molecular weight excluding hydrogens is 408 g/mol. The summed E-state index contributed by atoms with van der Waals surface area (Å²) < 4.78 is 11.3. The molecule has 0 bridgehead atoms. The number of hydrogen-bond acceptors (Lipinski definition) is 5. The third-order valence-corrected chi connectivity index (χ3v) is 7.36. The van der Waals surface area contributed by atoms with E-state index in [-0.39, 0.29) is 5.91 Å². The summed E-state index contributed by atoms with van der Waals surface area (Å²) in [4.78, 5) is 19.5. The number of amides is 1. The normalized spacial score (nSPS) is 16.8. The lowest BCUT2D eigenvalue weighted by atomic mass is 9.93. The predicted molar refractivity (Wildman–Crippen MR) is 127 cm³/mol. The van der Waals surface area contributed by atoms with Crippen LogP contribution in [-0.2, 0) is 12.8 Å². The van der Waals surface area contributed by atoms with Crippen molar-refractivity contribution in [1.82, 2.24) is 5.32 Å². The van der Waals surface area contributed by atoms with Gasteiger partial charge in [-0.1, -0.05) is 25.3 Å². The van der Waals surface area contributed by atoms with E-state index in [4.69, 9.17) is 14.5 Å². The van der Waals surface area contributed by atoms with Crippen molar-refractivity contribution < 1.29 is 14.3 Å². The Morgan fingerprint density at radius 1 is 1.19 bits per heavy atom. The fourth-order valence-corrected chi connectivity index (χ4v) is 5.83. The van der Waals surface area contributed by atoms with Crippen LogP contribution in [-0.4, -0.2) is 31.9 Å². The average molecular weight is 441 g/mol. The molecule has 1 fully saturated rings. The lowest BCUT2D eigenvalue weighted by Gasteiger charge is -2.23. The van der Waals surface area contributed by atoms with E-state index in [1.54, 1.807) is 18.4 Å². The van der Waals surface area contributed by atoms with Gasteiger partial charge in [-0.15, -0.1) is 11.3 Å². The molecule has 1 heterocycles. The summed E-state index contributed by atoms with van der Waals surface area (Å²) in [6.45, 7) is 2.50. The molecule has 166 valence electrons. The van der Waals surface area contributed by atoms with Gasteiger partial charge in [-0.2, -0.15) is 0 Å². The summed E-state index contributed by atoms with van der Waals surface area (Å²) in [5.41, 5.74) is 2.86. The van der Waals surface area contributed by atoms with Crippen LogP contribution < -0.4 is 14.8 Å². The molecule has 0 saturated heterocycles. The van der Waals surface area contributed by atoms with Crippen LogP contribution in [0.2, 0.25) is 0 Å². The highest BCUT2D eigenvalue weighted by Gasteiger charge is 2.27. The Balaban J connectivity index is 1.65. The molecule has 1 saturated carbocycles. The van der Waals surface area contributed by atoms with E-state index in [2.05, 4.69) is 5.32 Å². The van der Waals surface area contributed by atoms with E-state index in [0.717, 1.165) is 48.2 Å². The SMILES string of the molecule is CCOc1c(C=Nc2sc3c(c2C(=O)NC2CCCCC2)CCCC3)cccc1OC. The molecule has 1 N–H and O–H groups in total. The fraction of sp³-hybridized carbons (Fsp3) is 0.520. The van der Waals surface area contributed by atoms with Gasteiger partial charge >= 0.3 is 0 Å². The first-order valence-corrected chi connectivity index (χ1v) is 12.3. The number of carbonyl (C=O) groups is 1. The van der Waals surface area contributed by atoms with Crippen molar-refractivity contribution in [2.24, 2.45) is 4.99 Å². The molecule has 0 radical (unpaired) electrons. The van der Waals surface area contributed by atoms with Crippen molar-refractivity contribution in [3.8, 4) is 11.5 Å². The third kappa shape index (κ3) is 4.95. The van der Waals surface area contributed by atoms with Crippen LogP contribution >= 0.6 is 11.3 Å². The van der Waals surface area contributed by atoms with E-state index < -0.39 is 0 Å². The molecule has 5 nitrogen and oxygen atoms in total. The molecule has 1 aromatic heterocycles. The number of ether oxygens (including phenoxy) is 2. The van der Waals surface area contributed by atoms with Crippen molar-refractivity contribution in [3.05, 3.63) is 39.8 Å². The first kappa shape index (κ1) is 21.9. The fourth-order valence-electron chi connectivity index (χ4n) is 4.60. The van der Waals surface area contributed by atoms with Gasteiger partial charge in [0.25, 0.3) is 5.91 Å². The zero-order valence-electron chi connectivity index (χ0n) is 18.5. The van der Waals surface area contributed by atoms with E-state index in [1.165, 1.54) is 36.1 Å². The number of nitrogens with one attached hydrogen (secondary N) is 1. The number of para-hydroxylation sites is 1. The first-order valence-electron chi connectivity index (χ1n) is 11.5. The second kappa shape index (κ2) is 10.3. The highest BCUT2D eigenvalue weighted by atomic mass is 32.1. The van der Waals surface area contributed by atoms with E-state index >= 15 is 0 Å². The topological polar surface area (TPSA) is 59.9 Å². The quantitative estimate of drug-likeness (QED) is 0.550. The zero-order valence-corrected chi connectivity index (χ0v) is 19.4. The maximum atomic E-state index is 13.3. The van der Waals surface area contributed by atoms with Crippen LogP contribution in [0, 0.1) is 0 Å². The van der Waals surface area contributed by atoms with E-state index in [0.29, 0.717) is 24.1 Å². The lowest BCUT2D eigenvalue weighted by molar-refractivity contribution is 0.0927. The average Bonchev–Trinajstić information content (AvgIpc) is 3.17. The maximum absolute atomic E-state index is 13.3. The van der Waals surface area contributed by atoms with Crippen LogP contribution in [0.5, 0.6) is 11.5 Å². The highest BCUT2D eigenvalue weighted by Crippen LogP contribution is 2.40. The number of fused-ring (bicyclic) bond motifs is 1. The maximum Gasteiger partial charge on any atom is 0.254 e. The monoisotopic (exact) mass is 440 g/mol. The smallest absolute Gasteiger partial charge is 0.254 e. The zero-order chi connectivity index (χ0) is 21.6. The van der Waals surface area contributed by atoms with Gasteiger partial charge in [-0.3, -0.25) is 4.79 Å². The number of nitrogens with zero attached hydrogens (tertiary/aromatic N) is 1. The molecule has 2 aliphatic carbocycles. The molecule has 2 aliphatic rings. The van der Waals surface area contributed by atoms with E-state index in [1.807, 2.05) is 31.3 Å². The summed E-state index contributed by atoms with van der Waals surface area (Å²) in [7, 11) is 1.64. The number of aliphatic imine (C=N–C) groups is 1. The second-order valence-electron chi connectivity index (χ2n) is 8.27. The van der Waals surface area contributed by atoms with Crippen LogP contribution in [0.4, 0.5) is 5.00 Å². The number of rotatable bonds is 7. The molecule has 0 aliphatic heterocycles. The van der Waals surface area contributed by atoms with Crippen molar-refractivity contribution >= 4 is 28.5 Å². The summed E-state index contributed by atoms with van der Waals surface area (Å²) in [5, 5.41) is 4.12. The minimum atomic E-state index is 0.0501. The molecule has 0 atom stereocenters. The molecule has 0 spiro atoms.